The maximum Gasteiger partial charge on any atom is 0.0837 e. The van der Waals surface area contributed by atoms with Crippen molar-refractivity contribution >= 4 is 23.2 Å². The largest absolute Gasteiger partial charge is 0.305 e. The van der Waals surface area contributed by atoms with Gasteiger partial charge in [-0.25, -0.2) is 0 Å². The monoisotopic (exact) mass is 311 g/mol. The molecule has 0 saturated heterocycles. The van der Waals surface area contributed by atoms with Crippen molar-refractivity contribution in [2.24, 2.45) is 0 Å². The van der Waals surface area contributed by atoms with Crippen LogP contribution in [0.2, 0.25) is 10.0 Å². The van der Waals surface area contributed by atoms with E-state index >= 15 is 0 Å². The van der Waals surface area contributed by atoms with Crippen LogP contribution >= 0.6 is 23.2 Å². The number of benzene rings is 1. The minimum Gasteiger partial charge on any atom is -0.305 e. The predicted octanol–water partition coefficient (Wildman–Crippen LogP) is 4.22. The highest BCUT2D eigenvalue weighted by Crippen LogP contribution is 2.31. The van der Waals surface area contributed by atoms with Crippen LogP contribution in [-0.4, -0.2) is 16.3 Å². The Bertz CT molecular complexity index is 593. The van der Waals surface area contributed by atoms with Crippen molar-refractivity contribution in [1.82, 2.24) is 15.1 Å². The molecule has 0 radical (unpaired) electrons. The van der Waals surface area contributed by atoms with Gasteiger partial charge in [-0.1, -0.05) is 36.2 Å². The summed E-state index contributed by atoms with van der Waals surface area (Å²) >= 11 is 12.5. The van der Waals surface area contributed by atoms with Crippen LogP contribution < -0.4 is 5.32 Å². The van der Waals surface area contributed by atoms with Gasteiger partial charge in [-0.05, 0) is 43.7 Å². The van der Waals surface area contributed by atoms with E-state index in [-0.39, 0.29) is 6.04 Å². The number of aryl methyl sites for hydroxylation is 2. The zero-order chi connectivity index (χ0) is 14.7. The average molecular weight is 312 g/mol. The van der Waals surface area contributed by atoms with Crippen LogP contribution in [0.1, 0.15) is 36.7 Å². The smallest absolute Gasteiger partial charge is 0.0837 e. The summed E-state index contributed by atoms with van der Waals surface area (Å²) in [5.41, 5.74) is 3.30. The molecule has 3 nitrogen and oxygen atoms in total. The van der Waals surface area contributed by atoms with Gasteiger partial charge in [0.15, 0.2) is 0 Å². The van der Waals surface area contributed by atoms with Crippen molar-refractivity contribution < 1.29 is 0 Å². The maximum atomic E-state index is 6.34. The lowest BCUT2D eigenvalue weighted by Crippen LogP contribution is -2.25. The molecule has 1 heterocycles. The quantitative estimate of drug-likeness (QED) is 0.896. The van der Waals surface area contributed by atoms with Crippen molar-refractivity contribution in [1.29, 1.82) is 0 Å². The first kappa shape index (κ1) is 15.4. The third-order valence-corrected chi connectivity index (χ3v) is 3.89. The van der Waals surface area contributed by atoms with Gasteiger partial charge in [0.2, 0.25) is 0 Å². The van der Waals surface area contributed by atoms with Crippen LogP contribution in [0.3, 0.4) is 0 Å². The molecule has 0 aliphatic rings. The van der Waals surface area contributed by atoms with E-state index in [9.17, 15) is 0 Å². The van der Waals surface area contributed by atoms with Crippen LogP contribution in [0.25, 0.3) is 0 Å². The van der Waals surface area contributed by atoms with Crippen LogP contribution in [0.5, 0.6) is 0 Å². The molecule has 1 atom stereocenters. The van der Waals surface area contributed by atoms with Crippen LogP contribution in [0.15, 0.2) is 24.4 Å². The Labute approximate surface area is 129 Å². The number of nitrogens with one attached hydrogen (secondary N) is 1. The molecule has 0 amide bonds. The van der Waals surface area contributed by atoms with E-state index < -0.39 is 0 Å². The van der Waals surface area contributed by atoms with Crippen molar-refractivity contribution in [2.45, 2.75) is 33.4 Å². The molecule has 2 rings (SSSR count). The van der Waals surface area contributed by atoms with Crippen molar-refractivity contribution in [3.63, 3.8) is 0 Å². The molecule has 1 aromatic heterocycles. The van der Waals surface area contributed by atoms with Gasteiger partial charge in [-0.15, -0.1) is 0 Å². The minimum absolute atomic E-state index is 0.00588. The lowest BCUT2D eigenvalue weighted by molar-refractivity contribution is 0.541. The summed E-state index contributed by atoms with van der Waals surface area (Å²) in [6.45, 7) is 7.83. The fraction of sp³-hybridized carbons (Fsp3) is 0.400. The Morgan fingerprint density at radius 2 is 2.05 bits per heavy atom. The number of aromatic nitrogens is 2. The number of halogens is 2. The van der Waals surface area contributed by atoms with Crippen molar-refractivity contribution in [3.8, 4) is 0 Å². The molecule has 1 unspecified atom stereocenters. The summed E-state index contributed by atoms with van der Waals surface area (Å²) in [7, 11) is 0. The highest BCUT2D eigenvalue weighted by molar-refractivity contribution is 6.31. The zero-order valence-corrected chi connectivity index (χ0v) is 13.5. The maximum absolute atomic E-state index is 6.34. The van der Waals surface area contributed by atoms with E-state index in [2.05, 4.69) is 31.2 Å². The number of nitrogens with zero attached hydrogens (tertiary/aromatic N) is 2. The normalized spacial score (nSPS) is 12.7. The molecule has 1 aromatic carbocycles. The van der Waals surface area contributed by atoms with Crippen LogP contribution in [-0.2, 0) is 6.54 Å². The Kier molecular flexibility index (Phi) is 5.08. The molecule has 0 fully saturated rings. The molecule has 5 heteroatoms. The van der Waals surface area contributed by atoms with Gasteiger partial charge >= 0.3 is 0 Å². The first-order valence-electron chi connectivity index (χ1n) is 6.79. The van der Waals surface area contributed by atoms with Gasteiger partial charge in [0.05, 0.1) is 23.0 Å². The first-order chi connectivity index (χ1) is 9.58. The molecule has 1 N–H and O–H groups in total. The summed E-state index contributed by atoms with van der Waals surface area (Å²) in [4.78, 5) is 0. The zero-order valence-electron chi connectivity index (χ0n) is 12.0. The molecule has 0 spiro atoms. The summed E-state index contributed by atoms with van der Waals surface area (Å²) in [5.74, 6) is 0. The van der Waals surface area contributed by atoms with Gasteiger partial charge in [0, 0.05) is 11.6 Å². The second-order valence-electron chi connectivity index (χ2n) is 4.69. The van der Waals surface area contributed by atoms with E-state index in [1.54, 1.807) is 6.20 Å². The average Bonchev–Trinajstić information content (AvgIpc) is 2.80. The third-order valence-electron chi connectivity index (χ3n) is 3.37. The topological polar surface area (TPSA) is 29.9 Å². The van der Waals surface area contributed by atoms with E-state index in [4.69, 9.17) is 23.2 Å². The summed E-state index contributed by atoms with van der Waals surface area (Å²) < 4.78 is 1.93. The molecule has 0 aliphatic heterocycles. The highest BCUT2D eigenvalue weighted by Gasteiger charge is 2.22. The van der Waals surface area contributed by atoms with Crippen LogP contribution in [0, 0.1) is 6.92 Å². The van der Waals surface area contributed by atoms with Gasteiger partial charge in [-0.3, -0.25) is 4.68 Å². The number of hydrogen-bond acceptors (Lipinski definition) is 2. The lowest BCUT2D eigenvalue weighted by Gasteiger charge is -2.22. The van der Waals surface area contributed by atoms with E-state index in [1.807, 2.05) is 22.9 Å². The second kappa shape index (κ2) is 6.61. The summed E-state index contributed by atoms with van der Waals surface area (Å²) in [6.07, 6.45) is 1.70. The van der Waals surface area contributed by atoms with E-state index in [0.717, 1.165) is 29.4 Å². The fourth-order valence-electron chi connectivity index (χ4n) is 2.39. The van der Waals surface area contributed by atoms with Crippen molar-refractivity contribution in [2.75, 3.05) is 6.54 Å². The summed E-state index contributed by atoms with van der Waals surface area (Å²) in [6, 6.07) is 5.92. The third kappa shape index (κ3) is 3.00. The highest BCUT2D eigenvalue weighted by atomic mass is 35.5. The minimum atomic E-state index is -0.00588. The first-order valence-corrected chi connectivity index (χ1v) is 7.54. The molecular formula is C15H19Cl2N3. The molecule has 0 bridgehead atoms. The predicted molar refractivity (Wildman–Crippen MR) is 84.6 cm³/mol. The molecule has 0 saturated carbocycles. The van der Waals surface area contributed by atoms with E-state index in [0.29, 0.717) is 5.02 Å². The van der Waals surface area contributed by atoms with Crippen LogP contribution in [0.4, 0.5) is 0 Å². The van der Waals surface area contributed by atoms with Gasteiger partial charge in [-0.2, -0.15) is 5.10 Å². The Balaban J connectivity index is 2.56. The Morgan fingerprint density at radius 1 is 1.30 bits per heavy atom. The van der Waals surface area contributed by atoms with E-state index in [1.165, 1.54) is 5.56 Å². The number of hydrogen-bond donors (Lipinski definition) is 1. The fourth-order valence-corrected chi connectivity index (χ4v) is 2.82. The second-order valence-corrected chi connectivity index (χ2v) is 5.53. The molecular weight excluding hydrogens is 293 g/mol. The van der Waals surface area contributed by atoms with Gasteiger partial charge in [0.1, 0.15) is 0 Å². The summed E-state index contributed by atoms with van der Waals surface area (Å²) in [5, 5.41) is 9.21. The SMILES string of the molecule is CCNC(c1cc(Cl)ccc1C)c1c(Cl)cnn1CC. The Morgan fingerprint density at radius 3 is 2.70 bits per heavy atom. The molecule has 20 heavy (non-hydrogen) atoms. The lowest BCUT2D eigenvalue weighted by atomic mass is 9.98. The van der Waals surface area contributed by atoms with Gasteiger partial charge < -0.3 is 5.32 Å². The standard InChI is InChI=1S/C15H19Cl2N3/c1-4-18-14(12-8-11(16)7-6-10(12)3)15-13(17)9-19-20(15)5-2/h6-9,14,18H,4-5H2,1-3H3. The Hall–Kier alpha value is -1.03. The van der Waals surface area contributed by atoms with Crippen molar-refractivity contribution in [3.05, 3.63) is 51.3 Å². The molecule has 0 aliphatic carbocycles. The molecule has 108 valence electrons. The molecule has 2 aromatic rings. The van der Waals surface area contributed by atoms with Gasteiger partial charge in [0.25, 0.3) is 0 Å². The number of rotatable bonds is 5.